The molecule has 4 aromatic rings. The van der Waals surface area contributed by atoms with Crippen molar-refractivity contribution in [3.05, 3.63) is 60.6 Å². The van der Waals surface area contributed by atoms with Gasteiger partial charge >= 0.3 is 0 Å². The van der Waals surface area contributed by atoms with Gasteiger partial charge in [-0.05, 0) is 35.9 Å². The van der Waals surface area contributed by atoms with Gasteiger partial charge in [0.05, 0.1) is 20.5 Å². The number of rotatable bonds is 6. The third-order valence-electron chi connectivity index (χ3n) is 4.26. The minimum Gasteiger partial charge on any atom is -0.493 e. The van der Waals surface area contributed by atoms with E-state index in [1.165, 1.54) is 0 Å². The molecule has 8 heteroatoms. The van der Waals surface area contributed by atoms with E-state index in [1.54, 1.807) is 32.7 Å². The smallest absolute Gasteiger partial charge is 0.278 e. The zero-order valence-corrected chi connectivity index (χ0v) is 15.5. The Morgan fingerprint density at radius 3 is 2.57 bits per heavy atom. The van der Waals surface area contributed by atoms with Gasteiger partial charge in [0.2, 0.25) is 5.82 Å². The standard InChI is InChI=1S/C20H19N5O3/c1-26-17-8-5-14(9-18(17)27-2)19-23-20(28-24-19)16-11-25(12-22-16)10-13-3-6-15(21)7-4-13/h3-9,11-12H,10,21H2,1-2H3. The van der Waals surface area contributed by atoms with Crippen LogP contribution >= 0.6 is 0 Å². The summed E-state index contributed by atoms with van der Waals surface area (Å²) in [5.41, 5.74) is 8.95. The zero-order valence-electron chi connectivity index (χ0n) is 15.5. The summed E-state index contributed by atoms with van der Waals surface area (Å²) in [5, 5.41) is 4.05. The third-order valence-corrected chi connectivity index (χ3v) is 4.26. The molecule has 0 amide bonds. The van der Waals surface area contributed by atoms with E-state index < -0.39 is 0 Å². The summed E-state index contributed by atoms with van der Waals surface area (Å²) in [6.45, 7) is 0.671. The highest BCUT2D eigenvalue weighted by atomic mass is 16.5. The van der Waals surface area contributed by atoms with Gasteiger partial charge in [-0.25, -0.2) is 4.98 Å². The average Bonchev–Trinajstić information content (AvgIpc) is 3.39. The first-order valence-corrected chi connectivity index (χ1v) is 8.59. The number of hydrogen-bond donors (Lipinski definition) is 1. The van der Waals surface area contributed by atoms with Crippen LogP contribution in [0.25, 0.3) is 23.0 Å². The Labute approximate surface area is 161 Å². The summed E-state index contributed by atoms with van der Waals surface area (Å²) in [7, 11) is 3.17. The van der Waals surface area contributed by atoms with Crippen molar-refractivity contribution in [2.75, 3.05) is 20.0 Å². The molecule has 0 aliphatic rings. The van der Waals surface area contributed by atoms with Crippen LogP contribution in [0.1, 0.15) is 5.56 Å². The first-order valence-electron chi connectivity index (χ1n) is 8.59. The lowest BCUT2D eigenvalue weighted by Gasteiger charge is -2.07. The first-order chi connectivity index (χ1) is 13.7. The van der Waals surface area contributed by atoms with Crippen molar-refractivity contribution in [1.29, 1.82) is 0 Å². The van der Waals surface area contributed by atoms with E-state index in [0.717, 1.165) is 16.8 Å². The molecule has 2 aromatic carbocycles. The Hall–Kier alpha value is -3.81. The van der Waals surface area contributed by atoms with Crippen molar-refractivity contribution in [2.24, 2.45) is 0 Å². The van der Waals surface area contributed by atoms with Crippen molar-refractivity contribution < 1.29 is 14.0 Å². The van der Waals surface area contributed by atoms with E-state index in [9.17, 15) is 0 Å². The van der Waals surface area contributed by atoms with Gasteiger partial charge in [-0.15, -0.1) is 0 Å². The summed E-state index contributed by atoms with van der Waals surface area (Å²) in [4.78, 5) is 8.81. The van der Waals surface area contributed by atoms with Crippen LogP contribution in [0.5, 0.6) is 11.5 Å². The lowest BCUT2D eigenvalue weighted by atomic mass is 10.2. The van der Waals surface area contributed by atoms with Gasteiger partial charge in [0.1, 0.15) is 5.69 Å². The average molecular weight is 377 g/mol. The molecule has 0 saturated heterocycles. The fourth-order valence-corrected chi connectivity index (χ4v) is 2.81. The van der Waals surface area contributed by atoms with Gasteiger partial charge in [0.15, 0.2) is 11.5 Å². The van der Waals surface area contributed by atoms with Crippen LogP contribution in [-0.4, -0.2) is 33.9 Å². The number of hydrogen-bond acceptors (Lipinski definition) is 7. The lowest BCUT2D eigenvalue weighted by molar-refractivity contribution is 0.355. The lowest BCUT2D eigenvalue weighted by Crippen LogP contribution is -1.96. The topological polar surface area (TPSA) is 101 Å². The van der Waals surface area contributed by atoms with E-state index in [0.29, 0.717) is 35.5 Å². The number of methoxy groups -OCH3 is 2. The second-order valence-electron chi connectivity index (χ2n) is 6.17. The fourth-order valence-electron chi connectivity index (χ4n) is 2.81. The van der Waals surface area contributed by atoms with E-state index in [1.807, 2.05) is 41.1 Å². The molecule has 0 aliphatic carbocycles. The van der Waals surface area contributed by atoms with Crippen LogP contribution in [0, 0.1) is 0 Å². The maximum absolute atomic E-state index is 5.72. The van der Waals surface area contributed by atoms with Crippen molar-refractivity contribution in [3.8, 4) is 34.5 Å². The van der Waals surface area contributed by atoms with Crippen LogP contribution in [0.15, 0.2) is 59.5 Å². The van der Waals surface area contributed by atoms with Gasteiger partial charge in [0, 0.05) is 24.0 Å². The molecule has 8 nitrogen and oxygen atoms in total. The van der Waals surface area contributed by atoms with Crippen LogP contribution in [0.3, 0.4) is 0 Å². The van der Waals surface area contributed by atoms with Gasteiger partial charge in [0.25, 0.3) is 5.89 Å². The number of nitrogens with zero attached hydrogens (tertiary/aromatic N) is 4. The van der Waals surface area contributed by atoms with Gasteiger partial charge in [-0.2, -0.15) is 4.98 Å². The van der Waals surface area contributed by atoms with Crippen molar-refractivity contribution in [3.63, 3.8) is 0 Å². The summed E-state index contributed by atoms with van der Waals surface area (Å²) >= 11 is 0. The second-order valence-corrected chi connectivity index (χ2v) is 6.17. The number of imidazole rings is 1. The van der Waals surface area contributed by atoms with Crippen LogP contribution in [-0.2, 0) is 6.54 Å². The summed E-state index contributed by atoms with van der Waals surface area (Å²) < 4.78 is 17.9. The predicted octanol–water partition coefficient (Wildman–Crippen LogP) is 3.25. The Kier molecular flexibility index (Phi) is 4.67. The molecule has 0 fully saturated rings. The number of nitrogen functional groups attached to an aromatic ring is 1. The number of aromatic nitrogens is 4. The molecule has 2 aromatic heterocycles. The van der Waals surface area contributed by atoms with E-state index >= 15 is 0 Å². The molecule has 2 N–H and O–H groups in total. The Bertz CT molecular complexity index is 1090. The SMILES string of the molecule is COc1ccc(-c2noc(-c3cn(Cc4ccc(N)cc4)cn3)n2)cc1OC. The predicted molar refractivity (Wildman–Crippen MR) is 104 cm³/mol. The Morgan fingerprint density at radius 1 is 1.04 bits per heavy atom. The van der Waals surface area contributed by atoms with Gasteiger partial charge in [-0.3, -0.25) is 0 Å². The van der Waals surface area contributed by atoms with E-state index in [2.05, 4.69) is 15.1 Å². The van der Waals surface area contributed by atoms with Crippen LogP contribution in [0.4, 0.5) is 5.69 Å². The number of benzene rings is 2. The van der Waals surface area contributed by atoms with Crippen LogP contribution < -0.4 is 15.2 Å². The molecule has 28 heavy (non-hydrogen) atoms. The van der Waals surface area contributed by atoms with Crippen molar-refractivity contribution >= 4 is 5.69 Å². The Morgan fingerprint density at radius 2 is 1.82 bits per heavy atom. The highest BCUT2D eigenvalue weighted by Gasteiger charge is 2.15. The Balaban J connectivity index is 1.55. The summed E-state index contributed by atoms with van der Waals surface area (Å²) in [6.07, 6.45) is 3.59. The molecule has 0 bridgehead atoms. The molecular weight excluding hydrogens is 358 g/mol. The summed E-state index contributed by atoms with van der Waals surface area (Å²) in [5.74, 6) is 2.03. The molecule has 0 spiro atoms. The molecule has 0 atom stereocenters. The fraction of sp³-hybridized carbons (Fsp3) is 0.150. The number of ether oxygens (including phenoxy) is 2. The minimum atomic E-state index is 0.348. The van der Waals surface area contributed by atoms with E-state index in [-0.39, 0.29) is 0 Å². The van der Waals surface area contributed by atoms with Gasteiger partial charge < -0.3 is 24.3 Å². The highest BCUT2D eigenvalue weighted by Crippen LogP contribution is 2.31. The molecule has 0 unspecified atom stereocenters. The normalized spacial score (nSPS) is 10.8. The zero-order chi connectivity index (χ0) is 19.5. The number of anilines is 1. The molecule has 0 aliphatic heterocycles. The maximum Gasteiger partial charge on any atom is 0.278 e. The first kappa shape index (κ1) is 17.6. The molecule has 0 saturated carbocycles. The van der Waals surface area contributed by atoms with Crippen molar-refractivity contribution in [2.45, 2.75) is 6.54 Å². The molecule has 4 rings (SSSR count). The van der Waals surface area contributed by atoms with Crippen molar-refractivity contribution in [1.82, 2.24) is 19.7 Å². The molecule has 142 valence electrons. The van der Waals surface area contributed by atoms with Gasteiger partial charge in [-0.1, -0.05) is 17.3 Å². The molecular formula is C20H19N5O3. The quantitative estimate of drug-likeness (QED) is 0.515. The highest BCUT2D eigenvalue weighted by molar-refractivity contribution is 5.62. The third kappa shape index (κ3) is 3.52. The minimum absolute atomic E-state index is 0.348. The largest absolute Gasteiger partial charge is 0.493 e. The summed E-state index contributed by atoms with van der Waals surface area (Å²) in [6, 6.07) is 13.2. The second kappa shape index (κ2) is 7.43. The molecule has 2 heterocycles. The molecule has 0 radical (unpaired) electrons. The monoisotopic (exact) mass is 377 g/mol. The van der Waals surface area contributed by atoms with E-state index in [4.69, 9.17) is 19.7 Å². The van der Waals surface area contributed by atoms with Crippen LogP contribution in [0.2, 0.25) is 0 Å². The number of nitrogens with two attached hydrogens (primary N) is 1. The maximum atomic E-state index is 5.72.